The molecular formula is C13H12N4O3S. The number of nitrogens with one attached hydrogen (secondary N) is 2. The molecule has 0 bridgehead atoms. The molecule has 0 saturated heterocycles. The lowest BCUT2D eigenvalue weighted by Gasteiger charge is -2.00. The lowest BCUT2D eigenvalue weighted by molar-refractivity contribution is -0.384. The molecule has 0 aliphatic carbocycles. The van der Waals surface area contributed by atoms with E-state index >= 15 is 0 Å². The number of carbonyl (C=O) groups is 1. The van der Waals surface area contributed by atoms with Crippen LogP contribution in [-0.2, 0) is 6.54 Å². The molecule has 8 heteroatoms. The summed E-state index contributed by atoms with van der Waals surface area (Å²) in [6.07, 6.45) is 1.18. The topological polar surface area (TPSA) is 114 Å². The summed E-state index contributed by atoms with van der Waals surface area (Å²) in [4.78, 5) is 25.3. The molecule has 2 aromatic heterocycles. The Morgan fingerprint density at radius 1 is 1.52 bits per heavy atom. The number of amides is 1. The molecule has 0 spiro atoms. The van der Waals surface area contributed by atoms with Crippen LogP contribution in [0.1, 0.15) is 20.9 Å². The van der Waals surface area contributed by atoms with Crippen molar-refractivity contribution in [2.75, 3.05) is 6.54 Å². The van der Waals surface area contributed by atoms with Gasteiger partial charge in [0.05, 0.1) is 24.2 Å². The number of hydrogen-bond acceptors (Lipinski definition) is 5. The standard InChI is InChI=1S/C13H12N4O3S/c14-3-1-2-9-4-11(21-8-9)7-16-13(18)12-5-10(6-15-12)17(19)20/h4-6,8,15H,3,7,14H2,(H,16,18). The number of aromatic nitrogens is 1. The van der Waals surface area contributed by atoms with Crippen molar-refractivity contribution in [2.24, 2.45) is 5.73 Å². The number of thiophene rings is 1. The summed E-state index contributed by atoms with van der Waals surface area (Å²) in [5.41, 5.74) is 6.15. The highest BCUT2D eigenvalue weighted by Crippen LogP contribution is 2.15. The molecule has 4 N–H and O–H groups in total. The van der Waals surface area contributed by atoms with Crippen LogP contribution in [0.15, 0.2) is 23.7 Å². The lowest BCUT2D eigenvalue weighted by Crippen LogP contribution is -2.22. The number of aromatic amines is 1. The SMILES string of the molecule is NCC#Cc1csc(CNC(=O)c2cc([N+](=O)[O-])c[nH]2)c1. The highest BCUT2D eigenvalue weighted by molar-refractivity contribution is 7.10. The molecule has 7 nitrogen and oxygen atoms in total. The summed E-state index contributed by atoms with van der Waals surface area (Å²) in [5.74, 6) is 5.25. The fraction of sp³-hybridized carbons (Fsp3) is 0.154. The molecule has 0 fully saturated rings. The van der Waals surface area contributed by atoms with Crippen LogP contribution in [0.3, 0.4) is 0 Å². The Morgan fingerprint density at radius 2 is 2.33 bits per heavy atom. The quantitative estimate of drug-likeness (QED) is 0.447. The molecule has 0 aliphatic heterocycles. The van der Waals surface area contributed by atoms with Gasteiger partial charge in [0.25, 0.3) is 11.6 Å². The van der Waals surface area contributed by atoms with E-state index in [1.807, 2.05) is 11.4 Å². The van der Waals surface area contributed by atoms with E-state index in [-0.39, 0.29) is 11.4 Å². The fourth-order valence-corrected chi connectivity index (χ4v) is 2.33. The number of hydrogen-bond donors (Lipinski definition) is 3. The normalized spacial score (nSPS) is 9.76. The van der Waals surface area contributed by atoms with E-state index in [1.165, 1.54) is 23.6 Å². The second-order valence-electron chi connectivity index (χ2n) is 4.02. The number of nitro groups is 1. The van der Waals surface area contributed by atoms with E-state index in [0.717, 1.165) is 10.4 Å². The van der Waals surface area contributed by atoms with Crippen molar-refractivity contribution in [3.63, 3.8) is 0 Å². The van der Waals surface area contributed by atoms with Crippen LogP contribution in [0.4, 0.5) is 5.69 Å². The smallest absolute Gasteiger partial charge is 0.287 e. The van der Waals surface area contributed by atoms with E-state index in [1.54, 1.807) is 0 Å². The summed E-state index contributed by atoms with van der Waals surface area (Å²) in [6, 6.07) is 3.06. The summed E-state index contributed by atoms with van der Waals surface area (Å²) in [7, 11) is 0. The molecule has 2 rings (SSSR count). The monoisotopic (exact) mass is 304 g/mol. The van der Waals surface area contributed by atoms with Crippen LogP contribution in [-0.4, -0.2) is 22.4 Å². The van der Waals surface area contributed by atoms with E-state index in [9.17, 15) is 14.9 Å². The second-order valence-corrected chi connectivity index (χ2v) is 5.01. The van der Waals surface area contributed by atoms with Crippen LogP contribution < -0.4 is 11.1 Å². The Bertz CT molecular complexity index is 723. The summed E-state index contributed by atoms with van der Waals surface area (Å²) < 4.78 is 0. The fourth-order valence-electron chi connectivity index (χ4n) is 1.57. The maximum Gasteiger partial charge on any atom is 0.287 e. The molecule has 2 heterocycles. The van der Waals surface area contributed by atoms with Gasteiger partial charge in [-0.05, 0) is 6.07 Å². The van der Waals surface area contributed by atoms with E-state index in [2.05, 4.69) is 22.1 Å². The minimum Gasteiger partial charge on any atom is -0.351 e. The minimum absolute atomic E-state index is 0.143. The molecular weight excluding hydrogens is 292 g/mol. The predicted octanol–water partition coefficient (Wildman–Crippen LogP) is 1.22. The summed E-state index contributed by atoms with van der Waals surface area (Å²) >= 11 is 1.47. The zero-order valence-electron chi connectivity index (χ0n) is 10.9. The maximum absolute atomic E-state index is 11.8. The zero-order valence-corrected chi connectivity index (χ0v) is 11.7. The van der Waals surface area contributed by atoms with Gasteiger partial charge in [0.2, 0.25) is 0 Å². The largest absolute Gasteiger partial charge is 0.351 e. The van der Waals surface area contributed by atoms with Crippen molar-refractivity contribution in [3.8, 4) is 11.8 Å². The van der Waals surface area contributed by atoms with Crippen molar-refractivity contribution in [1.29, 1.82) is 0 Å². The number of H-pyrrole nitrogens is 1. The first-order chi connectivity index (χ1) is 10.1. The average molecular weight is 304 g/mol. The Labute approximate surface area is 124 Å². The van der Waals surface area contributed by atoms with Crippen molar-refractivity contribution >= 4 is 22.9 Å². The molecule has 0 saturated carbocycles. The Kier molecular flexibility index (Phi) is 4.71. The molecule has 21 heavy (non-hydrogen) atoms. The average Bonchev–Trinajstić information content (AvgIpc) is 3.11. The highest BCUT2D eigenvalue weighted by atomic mass is 32.1. The minimum atomic E-state index is -0.561. The molecule has 1 amide bonds. The molecule has 0 radical (unpaired) electrons. The van der Waals surface area contributed by atoms with Gasteiger partial charge in [-0.25, -0.2) is 0 Å². The van der Waals surface area contributed by atoms with Crippen molar-refractivity contribution in [1.82, 2.24) is 10.3 Å². The van der Waals surface area contributed by atoms with Gasteiger partial charge in [0, 0.05) is 21.9 Å². The van der Waals surface area contributed by atoms with Crippen LogP contribution in [0.2, 0.25) is 0 Å². The van der Waals surface area contributed by atoms with E-state index in [4.69, 9.17) is 5.73 Å². The maximum atomic E-state index is 11.8. The van der Waals surface area contributed by atoms with Gasteiger partial charge >= 0.3 is 0 Å². The van der Waals surface area contributed by atoms with Gasteiger partial charge in [0.1, 0.15) is 5.69 Å². The van der Waals surface area contributed by atoms with Crippen molar-refractivity contribution < 1.29 is 9.72 Å². The van der Waals surface area contributed by atoms with Gasteiger partial charge in [-0.3, -0.25) is 14.9 Å². The number of nitrogens with two attached hydrogens (primary N) is 1. The summed E-state index contributed by atoms with van der Waals surface area (Å²) in [6.45, 7) is 0.633. The first kappa shape index (κ1) is 14.8. The Hall–Kier alpha value is -2.63. The van der Waals surface area contributed by atoms with Gasteiger partial charge in [0.15, 0.2) is 0 Å². The van der Waals surface area contributed by atoms with Gasteiger partial charge in [-0.1, -0.05) is 11.8 Å². The Balaban J connectivity index is 1.94. The molecule has 0 aliphatic rings. The van der Waals surface area contributed by atoms with Gasteiger partial charge in [-0.2, -0.15) is 0 Å². The summed E-state index contributed by atoms with van der Waals surface area (Å²) in [5, 5.41) is 15.1. The number of carbonyl (C=O) groups excluding carboxylic acids is 1. The van der Waals surface area contributed by atoms with Crippen LogP contribution in [0.5, 0.6) is 0 Å². The van der Waals surface area contributed by atoms with Gasteiger partial charge < -0.3 is 16.0 Å². The molecule has 2 aromatic rings. The molecule has 108 valence electrons. The van der Waals surface area contributed by atoms with Crippen molar-refractivity contribution in [2.45, 2.75) is 6.54 Å². The molecule has 0 unspecified atom stereocenters. The third-order valence-corrected chi connectivity index (χ3v) is 3.47. The highest BCUT2D eigenvalue weighted by Gasteiger charge is 2.14. The van der Waals surface area contributed by atoms with Crippen LogP contribution in [0.25, 0.3) is 0 Å². The zero-order chi connectivity index (χ0) is 15.2. The number of nitrogens with zero attached hydrogens (tertiary/aromatic N) is 1. The van der Waals surface area contributed by atoms with Crippen LogP contribution in [0, 0.1) is 22.0 Å². The first-order valence-corrected chi connectivity index (χ1v) is 6.85. The third-order valence-electron chi connectivity index (χ3n) is 2.53. The number of rotatable bonds is 4. The van der Waals surface area contributed by atoms with Crippen molar-refractivity contribution in [3.05, 3.63) is 50.0 Å². The lowest BCUT2D eigenvalue weighted by atomic mass is 10.3. The first-order valence-electron chi connectivity index (χ1n) is 5.97. The second kappa shape index (κ2) is 6.69. The molecule has 0 atom stereocenters. The molecule has 0 aromatic carbocycles. The van der Waals surface area contributed by atoms with E-state index < -0.39 is 10.8 Å². The van der Waals surface area contributed by atoms with Crippen LogP contribution >= 0.6 is 11.3 Å². The third kappa shape index (κ3) is 3.92. The van der Waals surface area contributed by atoms with Gasteiger partial charge in [-0.15, -0.1) is 11.3 Å². The predicted molar refractivity (Wildman–Crippen MR) is 78.9 cm³/mol. The van der Waals surface area contributed by atoms with E-state index in [0.29, 0.717) is 13.1 Å². The Morgan fingerprint density at radius 3 is 3.00 bits per heavy atom.